The summed E-state index contributed by atoms with van der Waals surface area (Å²) in [6.45, 7) is 0. The normalized spacial score (nSPS) is 17.1. The molecule has 44 valence electrons. The van der Waals surface area contributed by atoms with Gasteiger partial charge in [-0.05, 0) is 0 Å². The molecule has 0 aliphatic heterocycles. The van der Waals surface area contributed by atoms with Gasteiger partial charge in [0, 0.05) is 0 Å². The molecule has 0 unspecified atom stereocenters. The Morgan fingerprint density at radius 3 is 0.571 bits per heavy atom. The Labute approximate surface area is 35.0 Å². The minimum absolute atomic E-state index is 8.67. The average Bonchev–Trinajstić information content (AvgIpc) is 0.592. The summed E-state index contributed by atoms with van der Waals surface area (Å²) < 4.78 is 52.0. The van der Waals surface area contributed by atoms with E-state index in [2.05, 4.69) is 0 Å². The van der Waals surface area contributed by atoms with Crippen molar-refractivity contribution >= 4 is 0 Å². The van der Waals surface area contributed by atoms with Crippen molar-refractivity contribution in [3.63, 3.8) is 0 Å². The molecule has 7 heavy (non-hydrogen) atoms. The predicted molar refractivity (Wildman–Crippen MR) is 4.12 cm³/mol. The quantitative estimate of drug-likeness (QED) is 0.565. The van der Waals surface area contributed by atoms with Crippen LogP contribution in [0.5, 0.6) is 0 Å². The zero-order chi connectivity index (χ0) is 6.41. The van der Waals surface area contributed by atoms with E-state index in [1.54, 1.807) is 0 Å². The van der Waals surface area contributed by atoms with Crippen molar-refractivity contribution in [1.29, 1.82) is 0 Å². The third-order valence-electron chi connectivity index (χ3n) is 0. The number of hydrogen-bond donors (Lipinski definition) is 0. The molecule has 0 amide bonds. The monoisotopic (exact) mass is 254 g/mol. The third-order valence-corrected chi connectivity index (χ3v) is 0. The molecule has 7 heteroatoms. The summed E-state index contributed by atoms with van der Waals surface area (Å²) in [5.41, 5.74) is 0. The van der Waals surface area contributed by atoms with Gasteiger partial charge in [-0.25, -0.2) is 0 Å². The Bertz CT molecular complexity index is 432. The van der Waals surface area contributed by atoms with E-state index in [0.29, 0.717) is 0 Å². The summed E-state index contributed by atoms with van der Waals surface area (Å²) in [5.74, 6) is 0. The summed E-state index contributed by atoms with van der Waals surface area (Å²) in [6, 6.07) is 0. The Morgan fingerprint density at radius 2 is 0.571 bits per heavy atom. The van der Waals surface area contributed by atoms with Crippen molar-refractivity contribution in [2.24, 2.45) is 0 Å². The molecule has 0 aliphatic rings. The molecule has 0 saturated carbocycles. The molecule has 0 aromatic rings. The van der Waals surface area contributed by atoms with Crippen molar-refractivity contribution < 1.29 is 35.4 Å². The summed E-state index contributed by atoms with van der Waals surface area (Å²) in [7, 11) is 0. The fraction of sp³-hybridized carbons (Fsp3) is 0. The zero-order valence-corrected chi connectivity index (χ0v) is 5.07. The first-order valence-corrected chi connectivity index (χ1v) is 6.42. The van der Waals surface area contributed by atoms with Gasteiger partial charge in [0.25, 0.3) is 0 Å². The van der Waals surface area contributed by atoms with Crippen LogP contribution in [0.4, 0.5) is 0 Å². The predicted octanol–water partition coefficient (Wildman–Crippen LogP) is -0.713. The molecular weight excluding hydrogens is 253 g/mol. The molecule has 0 aromatic carbocycles. The molecule has 0 bridgehead atoms. The van der Waals surface area contributed by atoms with Crippen LogP contribution >= 0.6 is 0 Å². The van der Waals surface area contributed by atoms with Crippen LogP contribution in [0.3, 0.4) is 0 Å². The van der Waals surface area contributed by atoms with Gasteiger partial charge in [-0.15, -0.1) is 0 Å². The van der Waals surface area contributed by atoms with Crippen LogP contribution in [-0.4, -0.2) is 0 Å². The van der Waals surface area contributed by atoms with Gasteiger partial charge in [0.05, 0.1) is 0 Å². The second-order valence-corrected chi connectivity index (χ2v) is 6.56. The van der Waals surface area contributed by atoms with Crippen molar-refractivity contribution in [2.75, 3.05) is 0 Å². The van der Waals surface area contributed by atoms with E-state index in [9.17, 15) is 0 Å². The van der Waals surface area contributed by atoms with Crippen LogP contribution < -0.4 is 0 Å². The molecule has 0 saturated heterocycles. The maximum atomic E-state index is 8.67. The molecule has 0 rings (SSSR count). The standard InChI is InChI=1S/Gd.6O. The molecular formula is GdO6. The van der Waals surface area contributed by atoms with Crippen molar-refractivity contribution in [1.82, 2.24) is 0 Å². The van der Waals surface area contributed by atoms with Gasteiger partial charge < -0.3 is 0 Å². The Kier molecular flexibility index (Phi) is 0.716. The average molecular weight is 253 g/mol. The summed E-state index contributed by atoms with van der Waals surface area (Å²) >= 11 is -9.71. The number of rotatable bonds is 0. The fourth-order valence-corrected chi connectivity index (χ4v) is 0. The fourth-order valence-electron chi connectivity index (χ4n) is 0. The van der Waals surface area contributed by atoms with Crippen LogP contribution in [0.2, 0.25) is 0 Å². The van der Waals surface area contributed by atoms with E-state index in [1.807, 2.05) is 0 Å². The second kappa shape index (κ2) is 0.703. The first kappa shape index (κ1) is 7.12. The minimum atomic E-state index is -9.71. The molecule has 0 N–H and O–H groups in total. The van der Waals surface area contributed by atoms with Crippen molar-refractivity contribution in [2.45, 2.75) is 0 Å². The molecule has 0 heterocycles. The molecule has 0 fully saturated rings. The van der Waals surface area contributed by atoms with Crippen LogP contribution in [0.15, 0.2) is 0 Å². The zero-order valence-electron chi connectivity index (χ0n) is 2.80. The van der Waals surface area contributed by atoms with Gasteiger partial charge in [0.2, 0.25) is 0 Å². The van der Waals surface area contributed by atoms with E-state index >= 15 is 0 Å². The SMILES string of the molecule is [O]=[Gd](=[O])(=[O])(=[O])(=[O])=[O]. The first-order chi connectivity index (χ1) is 2.45. The third kappa shape index (κ3) is 6700. The van der Waals surface area contributed by atoms with Gasteiger partial charge in [0.15, 0.2) is 0 Å². The maximum absolute atomic E-state index is 9.71. The summed E-state index contributed by atoms with van der Waals surface area (Å²) in [4.78, 5) is 0. The molecule has 6 nitrogen and oxygen atoms in total. The van der Waals surface area contributed by atoms with Gasteiger partial charge in [-0.3, -0.25) is 0 Å². The molecule has 0 atom stereocenters. The van der Waals surface area contributed by atoms with Crippen molar-refractivity contribution in [3.05, 3.63) is 0 Å². The Balaban J connectivity index is 8.86. The Morgan fingerprint density at radius 1 is 0.571 bits per heavy atom. The van der Waals surface area contributed by atoms with E-state index in [0.717, 1.165) is 0 Å². The summed E-state index contributed by atoms with van der Waals surface area (Å²) in [5, 5.41) is 0. The van der Waals surface area contributed by atoms with E-state index in [1.165, 1.54) is 0 Å². The van der Waals surface area contributed by atoms with Crippen LogP contribution in [0.25, 0.3) is 0 Å². The van der Waals surface area contributed by atoms with Gasteiger partial charge in [0.1, 0.15) is 0 Å². The van der Waals surface area contributed by atoms with Crippen LogP contribution in [-0.2, 0) is 6.97 Å². The van der Waals surface area contributed by atoms with Crippen LogP contribution in [0, 0.1) is 28.4 Å². The summed E-state index contributed by atoms with van der Waals surface area (Å²) in [6.07, 6.45) is 0. The van der Waals surface area contributed by atoms with E-state index < -0.39 is 28.4 Å². The molecule has 0 spiro atoms. The van der Waals surface area contributed by atoms with Gasteiger partial charge in [-0.1, -0.05) is 0 Å². The van der Waals surface area contributed by atoms with Crippen molar-refractivity contribution in [3.8, 4) is 0 Å². The van der Waals surface area contributed by atoms with E-state index in [4.69, 9.17) is 6.97 Å². The molecule has 0 aromatic heterocycles. The van der Waals surface area contributed by atoms with Gasteiger partial charge >= 0.3 is 35.4 Å². The van der Waals surface area contributed by atoms with E-state index in [-0.39, 0.29) is 0 Å². The van der Waals surface area contributed by atoms with Crippen LogP contribution in [0.1, 0.15) is 0 Å². The topological polar surface area (TPSA) is 102 Å². The number of hydrogen-bond acceptors (Lipinski definition) is 6. The van der Waals surface area contributed by atoms with Gasteiger partial charge in [-0.2, -0.15) is 0 Å². The molecule has 0 radical (unpaired) electrons. The first-order valence-electron chi connectivity index (χ1n) is 0.866. The second-order valence-electron chi connectivity index (χ2n) is 0.884. The Hall–Kier alpha value is 0.125. The molecule has 0 aliphatic carbocycles.